The highest BCUT2D eigenvalue weighted by atomic mass is 127. The number of nitro groups is 1. The number of nitrogens with one attached hydrogen (secondary N) is 1. The SMILES string of the molecule is CC(C)(CNc1ccc(I)cc1[N+](=O)[O-])C(=O)O. The van der Waals surface area contributed by atoms with Gasteiger partial charge in [0.1, 0.15) is 5.69 Å². The van der Waals surface area contributed by atoms with Crippen LogP contribution in [0.15, 0.2) is 18.2 Å². The van der Waals surface area contributed by atoms with Gasteiger partial charge in [0.2, 0.25) is 0 Å². The number of benzene rings is 1. The molecule has 0 saturated heterocycles. The van der Waals surface area contributed by atoms with Gasteiger partial charge in [-0.15, -0.1) is 0 Å². The molecule has 98 valence electrons. The summed E-state index contributed by atoms with van der Waals surface area (Å²) in [5, 5.41) is 22.7. The van der Waals surface area contributed by atoms with Crippen molar-refractivity contribution in [1.82, 2.24) is 0 Å². The first kappa shape index (κ1) is 14.7. The minimum atomic E-state index is -0.989. The number of carbonyl (C=O) groups is 1. The van der Waals surface area contributed by atoms with E-state index in [0.29, 0.717) is 5.69 Å². The first-order chi connectivity index (χ1) is 8.24. The predicted octanol–water partition coefficient (Wildman–Crippen LogP) is 2.72. The maximum Gasteiger partial charge on any atom is 0.310 e. The third-order valence-corrected chi connectivity index (χ3v) is 3.13. The van der Waals surface area contributed by atoms with Crippen LogP contribution in [0.5, 0.6) is 0 Å². The summed E-state index contributed by atoms with van der Waals surface area (Å²) in [6.45, 7) is 3.23. The van der Waals surface area contributed by atoms with Gasteiger partial charge < -0.3 is 10.4 Å². The number of aliphatic carboxylic acids is 1. The highest BCUT2D eigenvalue weighted by Crippen LogP contribution is 2.27. The van der Waals surface area contributed by atoms with Crippen LogP contribution in [-0.2, 0) is 4.79 Å². The Hall–Kier alpha value is -1.38. The predicted molar refractivity (Wildman–Crippen MR) is 75.7 cm³/mol. The Morgan fingerprint density at radius 1 is 1.56 bits per heavy atom. The van der Waals surface area contributed by atoms with Crippen LogP contribution in [0.3, 0.4) is 0 Å². The highest BCUT2D eigenvalue weighted by molar-refractivity contribution is 14.1. The van der Waals surface area contributed by atoms with Crippen LogP contribution in [-0.4, -0.2) is 22.5 Å². The lowest BCUT2D eigenvalue weighted by Crippen LogP contribution is -2.31. The molecule has 0 spiro atoms. The first-order valence-corrected chi connectivity index (χ1v) is 6.23. The normalized spacial score (nSPS) is 11.1. The number of halogens is 1. The Kier molecular flexibility index (Phi) is 4.49. The van der Waals surface area contributed by atoms with Crippen molar-refractivity contribution in [2.45, 2.75) is 13.8 Å². The monoisotopic (exact) mass is 364 g/mol. The number of hydrogen-bond acceptors (Lipinski definition) is 4. The molecule has 7 heteroatoms. The molecule has 0 bridgehead atoms. The Morgan fingerprint density at radius 2 is 2.17 bits per heavy atom. The van der Waals surface area contributed by atoms with Crippen LogP contribution in [0.4, 0.5) is 11.4 Å². The molecule has 1 aromatic carbocycles. The zero-order valence-electron chi connectivity index (χ0n) is 9.94. The van der Waals surface area contributed by atoms with Gasteiger partial charge in [-0.25, -0.2) is 0 Å². The quantitative estimate of drug-likeness (QED) is 0.476. The van der Waals surface area contributed by atoms with Gasteiger partial charge in [0, 0.05) is 16.2 Å². The van der Waals surface area contributed by atoms with Gasteiger partial charge in [-0.3, -0.25) is 14.9 Å². The van der Waals surface area contributed by atoms with Gasteiger partial charge >= 0.3 is 5.97 Å². The second-order valence-corrected chi connectivity index (χ2v) is 5.71. The molecule has 0 radical (unpaired) electrons. The Bertz CT molecular complexity index is 488. The summed E-state index contributed by atoms with van der Waals surface area (Å²) in [7, 11) is 0. The van der Waals surface area contributed by atoms with E-state index < -0.39 is 16.3 Å². The fraction of sp³-hybridized carbons (Fsp3) is 0.364. The van der Waals surface area contributed by atoms with Crippen molar-refractivity contribution < 1.29 is 14.8 Å². The zero-order valence-corrected chi connectivity index (χ0v) is 12.1. The van der Waals surface area contributed by atoms with E-state index in [4.69, 9.17) is 5.11 Å². The Labute approximate surface area is 118 Å². The molecule has 0 aliphatic rings. The van der Waals surface area contributed by atoms with Crippen molar-refractivity contribution >= 4 is 39.9 Å². The summed E-state index contributed by atoms with van der Waals surface area (Å²) in [5.74, 6) is -0.955. The third-order valence-electron chi connectivity index (χ3n) is 2.46. The number of rotatable bonds is 5. The molecule has 0 atom stereocenters. The van der Waals surface area contributed by atoms with Crippen molar-refractivity contribution in [1.29, 1.82) is 0 Å². The number of anilines is 1. The van der Waals surface area contributed by atoms with Gasteiger partial charge in [0.05, 0.1) is 10.3 Å². The van der Waals surface area contributed by atoms with Crippen molar-refractivity contribution in [2.24, 2.45) is 5.41 Å². The summed E-state index contributed by atoms with van der Waals surface area (Å²) in [6.07, 6.45) is 0. The maximum atomic E-state index is 10.9. The molecule has 0 amide bonds. The number of hydrogen-bond donors (Lipinski definition) is 2. The topological polar surface area (TPSA) is 92.5 Å². The molecule has 0 unspecified atom stereocenters. The molecule has 0 heterocycles. The number of nitrogens with zero attached hydrogens (tertiary/aromatic N) is 1. The van der Waals surface area contributed by atoms with Gasteiger partial charge in [0.15, 0.2) is 0 Å². The third kappa shape index (κ3) is 3.56. The summed E-state index contributed by atoms with van der Waals surface area (Å²) >= 11 is 1.98. The van der Waals surface area contributed by atoms with E-state index in [-0.39, 0.29) is 12.2 Å². The van der Waals surface area contributed by atoms with Crippen molar-refractivity contribution in [3.63, 3.8) is 0 Å². The Morgan fingerprint density at radius 3 is 2.67 bits per heavy atom. The van der Waals surface area contributed by atoms with E-state index >= 15 is 0 Å². The van der Waals surface area contributed by atoms with Crippen LogP contribution in [0.2, 0.25) is 0 Å². The van der Waals surface area contributed by atoms with Crippen LogP contribution >= 0.6 is 22.6 Å². The average molecular weight is 364 g/mol. The second kappa shape index (κ2) is 5.51. The molecule has 0 fully saturated rings. The van der Waals surface area contributed by atoms with Crippen LogP contribution in [0.1, 0.15) is 13.8 Å². The fourth-order valence-corrected chi connectivity index (χ4v) is 1.67. The van der Waals surface area contributed by atoms with E-state index in [1.807, 2.05) is 22.6 Å². The van der Waals surface area contributed by atoms with E-state index in [1.165, 1.54) is 6.07 Å². The van der Waals surface area contributed by atoms with E-state index in [9.17, 15) is 14.9 Å². The van der Waals surface area contributed by atoms with Crippen molar-refractivity contribution in [2.75, 3.05) is 11.9 Å². The molecule has 2 N–H and O–H groups in total. The summed E-state index contributed by atoms with van der Waals surface area (Å²) in [5.41, 5.74) is -0.713. The highest BCUT2D eigenvalue weighted by Gasteiger charge is 2.27. The maximum absolute atomic E-state index is 10.9. The molecule has 0 aliphatic heterocycles. The Balaban J connectivity index is 2.92. The van der Waals surface area contributed by atoms with Crippen LogP contribution < -0.4 is 5.32 Å². The fourth-order valence-electron chi connectivity index (χ4n) is 1.20. The summed E-state index contributed by atoms with van der Waals surface area (Å²) < 4.78 is 0.752. The summed E-state index contributed by atoms with van der Waals surface area (Å²) in [6, 6.07) is 4.75. The van der Waals surface area contributed by atoms with Crippen LogP contribution in [0, 0.1) is 19.1 Å². The standard InChI is InChI=1S/C11H13IN2O4/c1-11(2,10(15)16)6-13-8-4-3-7(12)5-9(8)14(17)18/h3-5,13H,6H2,1-2H3,(H,15,16). The molecule has 0 aliphatic carbocycles. The summed E-state index contributed by atoms with van der Waals surface area (Å²) in [4.78, 5) is 21.3. The van der Waals surface area contributed by atoms with E-state index in [2.05, 4.69) is 5.32 Å². The lowest BCUT2D eigenvalue weighted by molar-refractivity contribution is -0.384. The van der Waals surface area contributed by atoms with Crippen LogP contribution in [0.25, 0.3) is 0 Å². The molecule has 0 aromatic heterocycles. The van der Waals surface area contributed by atoms with Gasteiger partial charge in [-0.05, 0) is 48.6 Å². The van der Waals surface area contributed by atoms with E-state index in [0.717, 1.165) is 3.57 Å². The lowest BCUT2D eigenvalue weighted by atomic mass is 9.94. The number of nitro benzene ring substituents is 1. The van der Waals surface area contributed by atoms with Crippen molar-refractivity contribution in [3.8, 4) is 0 Å². The molecular weight excluding hydrogens is 351 g/mol. The zero-order chi connectivity index (χ0) is 13.9. The van der Waals surface area contributed by atoms with Gasteiger partial charge in [-0.2, -0.15) is 0 Å². The van der Waals surface area contributed by atoms with E-state index in [1.54, 1.807) is 26.0 Å². The molecule has 18 heavy (non-hydrogen) atoms. The molecule has 1 aromatic rings. The van der Waals surface area contributed by atoms with Gasteiger partial charge in [0.25, 0.3) is 5.69 Å². The molecule has 1 rings (SSSR count). The largest absolute Gasteiger partial charge is 0.481 e. The average Bonchev–Trinajstić information content (AvgIpc) is 2.27. The van der Waals surface area contributed by atoms with Crippen molar-refractivity contribution in [3.05, 3.63) is 31.9 Å². The first-order valence-electron chi connectivity index (χ1n) is 5.15. The minimum absolute atomic E-state index is 0.0527. The molecule has 6 nitrogen and oxygen atoms in total. The molecule has 0 saturated carbocycles. The smallest absolute Gasteiger partial charge is 0.310 e. The molecular formula is C11H13IN2O4. The number of carboxylic acids is 1. The minimum Gasteiger partial charge on any atom is -0.481 e. The lowest BCUT2D eigenvalue weighted by Gasteiger charge is -2.20. The second-order valence-electron chi connectivity index (χ2n) is 4.46. The number of carboxylic acid groups (broad SMARTS) is 1. The van der Waals surface area contributed by atoms with Gasteiger partial charge in [-0.1, -0.05) is 0 Å².